The van der Waals surface area contributed by atoms with E-state index in [9.17, 15) is 4.79 Å². The number of thiophene rings is 1. The van der Waals surface area contributed by atoms with Crippen molar-refractivity contribution in [2.45, 2.75) is 57.4 Å². The van der Waals surface area contributed by atoms with E-state index in [1.54, 1.807) is 11.3 Å². The maximum absolute atomic E-state index is 12.4. The van der Waals surface area contributed by atoms with E-state index < -0.39 is 0 Å². The number of hydrogen-bond acceptors (Lipinski definition) is 3. The Kier molecular flexibility index (Phi) is 4.73. The van der Waals surface area contributed by atoms with Gasteiger partial charge >= 0.3 is 0 Å². The first-order chi connectivity index (χ1) is 9.83. The summed E-state index contributed by atoms with van der Waals surface area (Å²) in [6.45, 7) is 2.00. The molecular formula is C16H24N2OS. The van der Waals surface area contributed by atoms with E-state index in [-0.39, 0.29) is 5.91 Å². The van der Waals surface area contributed by atoms with Crippen LogP contribution in [0.2, 0.25) is 0 Å². The molecular weight excluding hydrogens is 268 g/mol. The van der Waals surface area contributed by atoms with Crippen molar-refractivity contribution in [1.82, 2.24) is 10.6 Å². The summed E-state index contributed by atoms with van der Waals surface area (Å²) in [5.74, 6) is 0.135. The molecule has 1 aromatic heterocycles. The Hall–Kier alpha value is -0.870. The summed E-state index contributed by atoms with van der Waals surface area (Å²) in [6.07, 6.45) is 9.81. The quantitative estimate of drug-likeness (QED) is 0.880. The van der Waals surface area contributed by atoms with Crippen LogP contribution in [0.4, 0.5) is 0 Å². The average Bonchev–Trinajstić information content (AvgIpc) is 2.82. The van der Waals surface area contributed by atoms with Crippen LogP contribution in [0.3, 0.4) is 0 Å². The monoisotopic (exact) mass is 292 g/mol. The van der Waals surface area contributed by atoms with Crippen molar-refractivity contribution in [2.24, 2.45) is 0 Å². The van der Waals surface area contributed by atoms with E-state index in [0.29, 0.717) is 6.04 Å². The second-order valence-corrected chi connectivity index (χ2v) is 7.13. The molecule has 0 bridgehead atoms. The fourth-order valence-electron chi connectivity index (χ4n) is 3.19. The lowest BCUT2D eigenvalue weighted by molar-refractivity contribution is 0.0935. The Balaban J connectivity index is 1.66. The summed E-state index contributed by atoms with van der Waals surface area (Å²) in [7, 11) is 0. The molecule has 1 saturated heterocycles. The maximum atomic E-state index is 12.4. The number of rotatable bonds is 2. The summed E-state index contributed by atoms with van der Waals surface area (Å²) in [5, 5.41) is 6.53. The van der Waals surface area contributed by atoms with Gasteiger partial charge in [-0.3, -0.25) is 4.79 Å². The number of hydrogen-bond donors (Lipinski definition) is 2. The lowest BCUT2D eigenvalue weighted by Gasteiger charge is -2.23. The normalized spacial score (nSPS) is 23.5. The van der Waals surface area contributed by atoms with Crippen LogP contribution in [-0.2, 0) is 12.8 Å². The topological polar surface area (TPSA) is 41.1 Å². The van der Waals surface area contributed by atoms with Gasteiger partial charge in [-0.25, -0.2) is 0 Å². The summed E-state index contributed by atoms with van der Waals surface area (Å²) >= 11 is 1.72. The van der Waals surface area contributed by atoms with E-state index in [2.05, 4.69) is 16.7 Å². The van der Waals surface area contributed by atoms with Crippen LogP contribution >= 0.6 is 11.3 Å². The number of piperidine rings is 1. The predicted molar refractivity (Wildman–Crippen MR) is 83.6 cm³/mol. The van der Waals surface area contributed by atoms with Crippen LogP contribution in [-0.4, -0.2) is 25.0 Å². The van der Waals surface area contributed by atoms with Crippen molar-refractivity contribution in [3.63, 3.8) is 0 Å². The molecule has 2 N–H and O–H groups in total. The molecule has 20 heavy (non-hydrogen) atoms. The van der Waals surface area contributed by atoms with Gasteiger partial charge in [-0.15, -0.1) is 11.3 Å². The minimum atomic E-state index is 0.135. The zero-order valence-electron chi connectivity index (χ0n) is 12.0. The van der Waals surface area contributed by atoms with Crippen LogP contribution in [0, 0.1) is 0 Å². The first-order valence-corrected chi connectivity index (χ1v) is 8.78. The molecule has 2 heterocycles. The minimum Gasteiger partial charge on any atom is -0.347 e. The molecule has 1 aromatic rings. The fraction of sp³-hybridized carbons (Fsp3) is 0.688. The summed E-state index contributed by atoms with van der Waals surface area (Å²) in [6, 6.07) is 2.46. The second-order valence-electron chi connectivity index (χ2n) is 5.99. The number of amides is 1. The van der Waals surface area contributed by atoms with Gasteiger partial charge in [0, 0.05) is 17.5 Å². The molecule has 110 valence electrons. The smallest absolute Gasteiger partial charge is 0.261 e. The average molecular weight is 292 g/mol. The van der Waals surface area contributed by atoms with E-state index >= 15 is 0 Å². The molecule has 1 unspecified atom stereocenters. The van der Waals surface area contributed by atoms with E-state index in [4.69, 9.17) is 0 Å². The third-order valence-corrected chi connectivity index (χ3v) is 5.59. The van der Waals surface area contributed by atoms with Gasteiger partial charge in [-0.05, 0) is 56.7 Å². The Bertz CT molecular complexity index is 438. The van der Waals surface area contributed by atoms with Gasteiger partial charge in [0.1, 0.15) is 0 Å². The van der Waals surface area contributed by atoms with Crippen molar-refractivity contribution >= 4 is 17.2 Å². The molecule has 3 rings (SSSR count). The van der Waals surface area contributed by atoms with Gasteiger partial charge in [0.25, 0.3) is 5.91 Å². The Morgan fingerprint density at radius 1 is 1.20 bits per heavy atom. The fourth-order valence-corrected chi connectivity index (χ4v) is 4.34. The first kappa shape index (κ1) is 14.1. The molecule has 2 aliphatic rings. The van der Waals surface area contributed by atoms with E-state index in [0.717, 1.165) is 43.6 Å². The van der Waals surface area contributed by atoms with Crippen molar-refractivity contribution in [3.8, 4) is 0 Å². The number of carbonyl (C=O) groups is 1. The third kappa shape index (κ3) is 3.41. The number of fused-ring (bicyclic) bond motifs is 1. The lowest BCUT2D eigenvalue weighted by Crippen LogP contribution is -2.45. The van der Waals surface area contributed by atoms with Crippen molar-refractivity contribution in [3.05, 3.63) is 21.4 Å². The van der Waals surface area contributed by atoms with E-state index in [1.165, 1.54) is 36.1 Å². The summed E-state index contributed by atoms with van der Waals surface area (Å²) < 4.78 is 0. The van der Waals surface area contributed by atoms with Crippen LogP contribution < -0.4 is 10.6 Å². The zero-order chi connectivity index (χ0) is 13.8. The highest BCUT2D eigenvalue weighted by atomic mass is 32.1. The molecule has 1 amide bonds. The predicted octanol–water partition coefficient (Wildman–Crippen LogP) is 2.89. The zero-order valence-corrected chi connectivity index (χ0v) is 12.9. The van der Waals surface area contributed by atoms with Crippen molar-refractivity contribution in [2.75, 3.05) is 13.1 Å². The van der Waals surface area contributed by atoms with Crippen LogP contribution in [0.15, 0.2) is 6.07 Å². The summed E-state index contributed by atoms with van der Waals surface area (Å²) in [4.78, 5) is 14.7. The Labute approximate surface area is 125 Å². The molecule has 3 nitrogen and oxygen atoms in total. The highest BCUT2D eigenvalue weighted by molar-refractivity contribution is 7.14. The van der Waals surface area contributed by atoms with Crippen LogP contribution in [0.5, 0.6) is 0 Å². The van der Waals surface area contributed by atoms with Crippen molar-refractivity contribution < 1.29 is 4.79 Å². The SMILES string of the molecule is O=C(NC1CCCNC1)c1cc2c(s1)CCCCCC2. The van der Waals surface area contributed by atoms with Gasteiger partial charge in [-0.1, -0.05) is 12.8 Å². The molecule has 1 aliphatic heterocycles. The Morgan fingerprint density at radius 3 is 2.85 bits per heavy atom. The van der Waals surface area contributed by atoms with E-state index in [1.807, 2.05) is 0 Å². The molecule has 1 atom stereocenters. The summed E-state index contributed by atoms with van der Waals surface area (Å²) in [5.41, 5.74) is 1.43. The van der Waals surface area contributed by atoms with Gasteiger partial charge in [0.15, 0.2) is 0 Å². The number of aryl methyl sites for hydroxylation is 2. The van der Waals surface area contributed by atoms with Gasteiger partial charge in [0.05, 0.1) is 4.88 Å². The van der Waals surface area contributed by atoms with Gasteiger partial charge in [0.2, 0.25) is 0 Å². The molecule has 0 saturated carbocycles. The molecule has 1 fully saturated rings. The third-order valence-electron chi connectivity index (χ3n) is 4.35. The molecule has 0 spiro atoms. The highest BCUT2D eigenvalue weighted by Gasteiger charge is 2.19. The van der Waals surface area contributed by atoms with Crippen LogP contribution in [0.25, 0.3) is 0 Å². The number of carbonyl (C=O) groups excluding carboxylic acids is 1. The number of nitrogens with one attached hydrogen (secondary N) is 2. The lowest BCUT2D eigenvalue weighted by atomic mass is 10.00. The molecule has 0 radical (unpaired) electrons. The van der Waals surface area contributed by atoms with Crippen molar-refractivity contribution in [1.29, 1.82) is 0 Å². The Morgan fingerprint density at radius 2 is 2.05 bits per heavy atom. The second kappa shape index (κ2) is 6.72. The highest BCUT2D eigenvalue weighted by Crippen LogP contribution is 2.28. The van der Waals surface area contributed by atoms with Gasteiger partial charge < -0.3 is 10.6 Å². The molecule has 1 aliphatic carbocycles. The maximum Gasteiger partial charge on any atom is 0.261 e. The first-order valence-electron chi connectivity index (χ1n) is 7.96. The van der Waals surface area contributed by atoms with Gasteiger partial charge in [-0.2, -0.15) is 0 Å². The largest absolute Gasteiger partial charge is 0.347 e. The standard InChI is InChI=1S/C16H24N2OS/c19-16(18-13-7-5-9-17-11-13)15-10-12-6-3-1-2-4-8-14(12)20-15/h10,13,17H,1-9,11H2,(H,18,19). The minimum absolute atomic E-state index is 0.135. The molecule has 0 aromatic carbocycles. The molecule has 4 heteroatoms. The van der Waals surface area contributed by atoms with Crippen LogP contribution in [0.1, 0.15) is 58.6 Å².